The number of thiophene rings is 1. The third-order valence-electron chi connectivity index (χ3n) is 5.39. The van der Waals surface area contributed by atoms with Gasteiger partial charge in [0.1, 0.15) is 0 Å². The van der Waals surface area contributed by atoms with Gasteiger partial charge in [-0.05, 0) is 35.2 Å². The molecular weight excluding hydrogens is 332 g/mol. The second-order valence-electron chi connectivity index (χ2n) is 6.74. The van der Waals surface area contributed by atoms with E-state index in [1.165, 1.54) is 6.42 Å². The molecule has 23 heavy (non-hydrogen) atoms. The fourth-order valence-electron chi connectivity index (χ4n) is 3.88. The molecule has 0 bridgehead atoms. The van der Waals surface area contributed by atoms with E-state index in [2.05, 4.69) is 5.38 Å². The van der Waals surface area contributed by atoms with Crippen LogP contribution >= 0.6 is 11.3 Å². The normalized spacial score (nSPS) is 27.8. The Morgan fingerprint density at radius 1 is 1.30 bits per heavy atom. The Balaban J connectivity index is 1.75. The summed E-state index contributed by atoms with van der Waals surface area (Å²) in [6.07, 6.45) is 5.35. The standard InChI is InChI=1S/C16H26N2O3S2/c1-17(15-5-3-2-4-6-15)23(20,21)18-9-14(11-19)16(10-18)13-7-8-22-12-13/h7-8,12,14-16,19H,2-6,9-11H2,1H3/t14-,16-/m1/s1. The summed E-state index contributed by atoms with van der Waals surface area (Å²) in [5.74, 6) is 0.0833. The van der Waals surface area contributed by atoms with Crippen molar-refractivity contribution in [1.29, 1.82) is 0 Å². The van der Waals surface area contributed by atoms with Gasteiger partial charge < -0.3 is 5.11 Å². The van der Waals surface area contributed by atoms with Crippen molar-refractivity contribution in [1.82, 2.24) is 8.61 Å². The molecule has 2 heterocycles. The summed E-state index contributed by atoms with van der Waals surface area (Å²) in [4.78, 5) is 0. The Hall–Kier alpha value is -0.470. The molecule has 1 saturated heterocycles. The first-order chi connectivity index (χ1) is 11.0. The maximum absolute atomic E-state index is 13.0. The number of nitrogens with zero attached hydrogens (tertiary/aromatic N) is 2. The largest absolute Gasteiger partial charge is 0.396 e. The molecule has 1 aliphatic carbocycles. The Morgan fingerprint density at radius 2 is 2.04 bits per heavy atom. The van der Waals surface area contributed by atoms with Crippen molar-refractivity contribution in [2.75, 3.05) is 26.7 Å². The van der Waals surface area contributed by atoms with Crippen molar-refractivity contribution in [3.63, 3.8) is 0 Å². The molecule has 1 N–H and O–H groups in total. The summed E-state index contributed by atoms with van der Waals surface area (Å²) in [7, 11) is -1.73. The van der Waals surface area contributed by atoms with Crippen LogP contribution in [0, 0.1) is 5.92 Å². The van der Waals surface area contributed by atoms with Crippen LogP contribution in [0.3, 0.4) is 0 Å². The van der Waals surface area contributed by atoms with Crippen molar-refractivity contribution < 1.29 is 13.5 Å². The van der Waals surface area contributed by atoms with Crippen LogP contribution < -0.4 is 0 Å². The second kappa shape index (κ2) is 7.19. The van der Waals surface area contributed by atoms with E-state index in [1.54, 1.807) is 27.0 Å². The van der Waals surface area contributed by atoms with E-state index in [0.29, 0.717) is 13.1 Å². The highest BCUT2D eigenvalue weighted by molar-refractivity contribution is 7.86. The molecular formula is C16H26N2O3S2. The van der Waals surface area contributed by atoms with Gasteiger partial charge in [-0.3, -0.25) is 0 Å². The second-order valence-corrected chi connectivity index (χ2v) is 9.51. The molecule has 0 amide bonds. The summed E-state index contributed by atoms with van der Waals surface area (Å²) >= 11 is 1.62. The number of aliphatic hydroxyl groups excluding tert-OH is 1. The first-order valence-electron chi connectivity index (χ1n) is 8.40. The molecule has 2 aliphatic rings. The van der Waals surface area contributed by atoms with Crippen LogP contribution in [0.4, 0.5) is 0 Å². The summed E-state index contributed by atoms with van der Waals surface area (Å²) < 4.78 is 29.1. The molecule has 0 radical (unpaired) electrons. The smallest absolute Gasteiger partial charge is 0.282 e. The number of hydrogen-bond acceptors (Lipinski definition) is 4. The molecule has 1 aromatic heterocycles. The molecule has 1 saturated carbocycles. The minimum atomic E-state index is -3.45. The summed E-state index contributed by atoms with van der Waals surface area (Å²) in [6, 6.07) is 2.17. The predicted molar refractivity (Wildman–Crippen MR) is 92.8 cm³/mol. The lowest BCUT2D eigenvalue weighted by molar-refractivity contribution is 0.221. The van der Waals surface area contributed by atoms with Crippen LogP contribution in [-0.4, -0.2) is 54.9 Å². The fraction of sp³-hybridized carbons (Fsp3) is 0.750. The molecule has 0 spiro atoms. The monoisotopic (exact) mass is 358 g/mol. The third kappa shape index (κ3) is 3.49. The Kier molecular flexibility index (Phi) is 5.42. The molecule has 0 aromatic carbocycles. The van der Waals surface area contributed by atoms with Gasteiger partial charge in [0.15, 0.2) is 0 Å². The Bertz CT molecular complexity index is 597. The van der Waals surface area contributed by atoms with Gasteiger partial charge in [-0.15, -0.1) is 0 Å². The molecule has 1 aromatic rings. The molecule has 0 unspecified atom stereocenters. The van der Waals surface area contributed by atoms with Crippen LogP contribution in [0.25, 0.3) is 0 Å². The lowest BCUT2D eigenvalue weighted by Crippen LogP contribution is -2.46. The predicted octanol–water partition coefficient (Wildman–Crippen LogP) is 2.27. The van der Waals surface area contributed by atoms with E-state index < -0.39 is 10.2 Å². The van der Waals surface area contributed by atoms with E-state index in [9.17, 15) is 13.5 Å². The molecule has 3 rings (SSSR count). The highest BCUT2D eigenvalue weighted by Crippen LogP contribution is 2.36. The van der Waals surface area contributed by atoms with Crippen molar-refractivity contribution in [2.45, 2.75) is 44.1 Å². The number of hydrogen-bond donors (Lipinski definition) is 1. The summed E-state index contributed by atoms with van der Waals surface area (Å²) in [6.45, 7) is 0.914. The van der Waals surface area contributed by atoms with Crippen molar-refractivity contribution in [3.8, 4) is 0 Å². The Labute approximate surface area is 143 Å². The first-order valence-corrected chi connectivity index (χ1v) is 10.7. The maximum Gasteiger partial charge on any atom is 0.282 e. The van der Waals surface area contributed by atoms with Gasteiger partial charge >= 0.3 is 0 Å². The van der Waals surface area contributed by atoms with E-state index in [-0.39, 0.29) is 24.5 Å². The zero-order valence-electron chi connectivity index (χ0n) is 13.6. The van der Waals surface area contributed by atoms with Crippen molar-refractivity contribution in [2.24, 2.45) is 5.92 Å². The third-order valence-corrected chi connectivity index (χ3v) is 8.07. The molecule has 2 fully saturated rings. The van der Waals surface area contributed by atoms with Gasteiger partial charge in [-0.2, -0.15) is 28.4 Å². The van der Waals surface area contributed by atoms with Gasteiger partial charge in [0, 0.05) is 44.6 Å². The van der Waals surface area contributed by atoms with Crippen molar-refractivity contribution in [3.05, 3.63) is 22.4 Å². The zero-order valence-corrected chi connectivity index (χ0v) is 15.2. The average molecular weight is 359 g/mol. The van der Waals surface area contributed by atoms with E-state index in [1.807, 2.05) is 11.4 Å². The maximum atomic E-state index is 13.0. The van der Waals surface area contributed by atoms with Crippen LogP contribution in [0.2, 0.25) is 0 Å². The lowest BCUT2D eigenvalue weighted by atomic mass is 9.92. The number of aliphatic hydroxyl groups is 1. The Morgan fingerprint density at radius 3 is 2.65 bits per heavy atom. The van der Waals surface area contributed by atoms with Crippen LogP contribution in [0.15, 0.2) is 16.8 Å². The van der Waals surface area contributed by atoms with Gasteiger partial charge in [-0.25, -0.2) is 0 Å². The van der Waals surface area contributed by atoms with Crippen LogP contribution in [-0.2, 0) is 10.2 Å². The minimum Gasteiger partial charge on any atom is -0.396 e. The molecule has 7 heteroatoms. The molecule has 5 nitrogen and oxygen atoms in total. The van der Waals surface area contributed by atoms with Crippen LogP contribution in [0.1, 0.15) is 43.6 Å². The zero-order chi connectivity index (χ0) is 16.4. The minimum absolute atomic E-state index is 0.0147. The number of rotatable bonds is 5. The van der Waals surface area contributed by atoms with Gasteiger partial charge in [-0.1, -0.05) is 19.3 Å². The quantitative estimate of drug-likeness (QED) is 0.878. The van der Waals surface area contributed by atoms with Crippen molar-refractivity contribution >= 4 is 21.5 Å². The van der Waals surface area contributed by atoms with E-state index in [0.717, 1.165) is 31.2 Å². The van der Waals surface area contributed by atoms with Gasteiger partial charge in [0.2, 0.25) is 0 Å². The van der Waals surface area contributed by atoms with Gasteiger partial charge in [0.25, 0.3) is 10.2 Å². The van der Waals surface area contributed by atoms with E-state index in [4.69, 9.17) is 0 Å². The highest BCUT2D eigenvalue weighted by atomic mass is 32.2. The molecule has 2 atom stereocenters. The SMILES string of the molecule is CN(C1CCCCC1)S(=O)(=O)N1C[C@H](CO)[C@@H](c2ccsc2)C1. The summed E-state index contributed by atoms with van der Waals surface area (Å²) in [5, 5.41) is 13.7. The fourth-order valence-corrected chi connectivity index (χ4v) is 6.29. The lowest BCUT2D eigenvalue weighted by Gasteiger charge is -2.33. The molecule has 130 valence electrons. The first kappa shape index (κ1) is 17.4. The summed E-state index contributed by atoms with van der Waals surface area (Å²) in [5.41, 5.74) is 1.15. The van der Waals surface area contributed by atoms with E-state index >= 15 is 0 Å². The average Bonchev–Trinajstić information content (AvgIpc) is 3.23. The van der Waals surface area contributed by atoms with Crippen LogP contribution in [0.5, 0.6) is 0 Å². The van der Waals surface area contributed by atoms with Gasteiger partial charge in [0.05, 0.1) is 0 Å². The molecule has 1 aliphatic heterocycles. The highest BCUT2D eigenvalue weighted by Gasteiger charge is 2.42. The topological polar surface area (TPSA) is 60.9 Å².